The van der Waals surface area contributed by atoms with Crippen LogP contribution in [0, 0.1) is 0 Å². The van der Waals surface area contributed by atoms with Crippen molar-refractivity contribution in [3.63, 3.8) is 0 Å². The molecule has 0 aromatic heterocycles. The van der Waals surface area contributed by atoms with Crippen molar-refractivity contribution in [1.82, 2.24) is 0 Å². The van der Waals surface area contributed by atoms with Crippen LogP contribution in [-0.2, 0) is 16.4 Å². The number of benzene rings is 3. The number of ether oxygens (including phenoxy) is 1. The SMILES string of the molecule is COc1ccc(CCNc2ccc(NS(=O)(=O)c3ccccc3)cc2)cc1. The van der Waals surface area contributed by atoms with E-state index in [4.69, 9.17) is 4.74 Å². The van der Waals surface area contributed by atoms with Gasteiger partial charge in [-0.15, -0.1) is 0 Å². The van der Waals surface area contributed by atoms with Crippen molar-refractivity contribution in [2.24, 2.45) is 0 Å². The van der Waals surface area contributed by atoms with Gasteiger partial charge in [0.2, 0.25) is 0 Å². The van der Waals surface area contributed by atoms with Crippen LogP contribution >= 0.6 is 0 Å². The zero-order chi connectivity index (χ0) is 19.1. The van der Waals surface area contributed by atoms with Crippen LogP contribution in [0.5, 0.6) is 5.75 Å². The minimum absolute atomic E-state index is 0.242. The molecular weight excluding hydrogens is 360 g/mol. The van der Waals surface area contributed by atoms with Crippen molar-refractivity contribution >= 4 is 21.4 Å². The summed E-state index contributed by atoms with van der Waals surface area (Å²) in [6.07, 6.45) is 0.881. The molecule has 0 atom stereocenters. The summed E-state index contributed by atoms with van der Waals surface area (Å²) in [6, 6.07) is 23.5. The van der Waals surface area contributed by atoms with Crippen molar-refractivity contribution in [1.29, 1.82) is 0 Å². The van der Waals surface area contributed by atoms with E-state index in [1.165, 1.54) is 5.56 Å². The average Bonchev–Trinajstić information content (AvgIpc) is 2.70. The van der Waals surface area contributed by atoms with Gasteiger partial charge in [0.15, 0.2) is 0 Å². The summed E-state index contributed by atoms with van der Waals surface area (Å²) >= 11 is 0. The highest BCUT2D eigenvalue weighted by Gasteiger charge is 2.13. The summed E-state index contributed by atoms with van der Waals surface area (Å²) in [5.74, 6) is 0.847. The van der Waals surface area contributed by atoms with Gasteiger partial charge in [0.1, 0.15) is 5.75 Å². The monoisotopic (exact) mass is 382 g/mol. The maximum atomic E-state index is 12.3. The molecule has 6 heteroatoms. The van der Waals surface area contributed by atoms with Crippen molar-refractivity contribution in [3.05, 3.63) is 84.4 Å². The number of anilines is 2. The second kappa shape index (κ2) is 8.60. The summed E-state index contributed by atoms with van der Waals surface area (Å²) < 4.78 is 32.4. The number of methoxy groups -OCH3 is 1. The highest BCUT2D eigenvalue weighted by molar-refractivity contribution is 7.92. The van der Waals surface area contributed by atoms with Gasteiger partial charge < -0.3 is 10.1 Å². The molecule has 0 saturated carbocycles. The van der Waals surface area contributed by atoms with Gasteiger partial charge in [0.05, 0.1) is 12.0 Å². The molecule has 140 valence electrons. The lowest BCUT2D eigenvalue weighted by Crippen LogP contribution is -2.12. The summed E-state index contributed by atoms with van der Waals surface area (Å²) in [7, 11) is -1.91. The van der Waals surface area contributed by atoms with E-state index in [0.29, 0.717) is 5.69 Å². The molecule has 3 rings (SSSR count). The van der Waals surface area contributed by atoms with Gasteiger partial charge >= 0.3 is 0 Å². The Morgan fingerprint density at radius 1 is 0.815 bits per heavy atom. The summed E-state index contributed by atoms with van der Waals surface area (Å²) in [5.41, 5.74) is 2.68. The van der Waals surface area contributed by atoms with Gasteiger partial charge in [0, 0.05) is 17.9 Å². The molecule has 0 fully saturated rings. The molecular formula is C21H22N2O3S. The Balaban J connectivity index is 1.54. The van der Waals surface area contributed by atoms with Crippen LogP contribution in [0.15, 0.2) is 83.8 Å². The maximum absolute atomic E-state index is 12.3. The molecule has 3 aromatic carbocycles. The minimum Gasteiger partial charge on any atom is -0.497 e. The molecule has 0 spiro atoms. The van der Waals surface area contributed by atoms with E-state index < -0.39 is 10.0 Å². The second-order valence-electron chi connectivity index (χ2n) is 6.02. The lowest BCUT2D eigenvalue weighted by atomic mass is 10.1. The standard InChI is InChI=1S/C21H22N2O3S/c1-26-20-13-7-17(8-14-20)15-16-22-18-9-11-19(12-10-18)23-27(24,25)21-5-3-2-4-6-21/h2-14,22-23H,15-16H2,1H3. The number of rotatable bonds is 8. The smallest absolute Gasteiger partial charge is 0.261 e. The number of nitrogens with one attached hydrogen (secondary N) is 2. The third kappa shape index (κ3) is 5.24. The van der Waals surface area contributed by atoms with Crippen molar-refractivity contribution in [2.75, 3.05) is 23.7 Å². The molecule has 0 amide bonds. The number of hydrogen-bond acceptors (Lipinski definition) is 4. The molecule has 0 unspecified atom stereocenters. The first kappa shape index (κ1) is 18.8. The largest absolute Gasteiger partial charge is 0.497 e. The zero-order valence-corrected chi connectivity index (χ0v) is 15.9. The Kier molecular flexibility index (Phi) is 5.98. The first-order chi connectivity index (χ1) is 13.1. The summed E-state index contributed by atoms with van der Waals surface area (Å²) in [6.45, 7) is 0.779. The Hall–Kier alpha value is -2.99. The molecule has 0 aliphatic carbocycles. The fourth-order valence-corrected chi connectivity index (χ4v) is 3.69. The summed E-state index contributed by atoms with van der Waals surface area (Å²) in [5, 5.41) is 3.33. The normalized spacial score (nSPS) is 11.0. The van der Waals surface area contributed by atoms with Crippen LogP contribution in [0.3, 0.4) is 0 Å². The zero-order valence-electron chi connectivity index (χ0n) is 15.1. The van der Waals surface area contributed by atoms with Gasteiger partial charge in [-0.25, -0.2) is 8.42 Å². The Labute approximate surface area is 160 Å². The van der Waals surface area contributed by atoms with Crippen LogP contribution in [0.25, 0.3) is 0 Å². The van der Waals surface area contributed by atoms with Crippen molar-refractivity contribution < 1.29 is 13.2 Å². The molecule has 0 heterocycles. The van der Waals surface area contributed by atoms with Crippen molar-refractivity contribution in [2.45, 2.75) is 11.3 Å². The predicted octanol–water partition coefficient (Wildman–Crippen LogP) is 4.15. The Bertz CT molecular complexity index is 955. The molecule has 3 aromatic rings. The topological polar surface area (TPSA) is 67.4 Å². The van der Waals surface area contributed by atoms with E-state index in [-0.39, 0.29) is 4.90 Å². The van der Waals surface area contributed by atoms with Crippen LogP contribution in [-0.4, -0.2) is 22.1 Å². The highest BCUT2D eigenvalue weighted by Crippen LogP contribution is 2.18. The van der Waals surface area contributed by atoms with E-state index in [9.17, 15) is 8.42 Å². The van der Waals surface area contributed by atoms with E-state index >= 15 is 0 Å². The maximum Gasteiger partial charge on any atom is 0.261 e. The fraction of sp³-hybridized carbons (Fsp3) is 0.143. The van der Waals surface area contributed by atoms with Crippen LogP contribution in [0.4, 0.5) is 11.4 Å². The molecule has 5 nitrogen and oxygen atoms in total. The van der Waals surface area contributed by atoms with Crippen LogP contribution < -0.4 is 14.8 Å². The van der Waals surface area contributed by atoms with E-state index in [1.54, 1.807) is 49.6 Å². The Morgan fingerprint density at radius 3 is 2.07 bits per heavy atom. The van der Waals surface area contributed by atoms with Gasteiger partial charge in [-0.2, -0.15) is 0 Å². The van der Waals surface area contributed by atoms with Crippen LogP contribution in [0.2, 0.25) is 0 Å². The number of sulfonamides is 1. The highest BCUT2D eigenvalue weighted by atomic mass is 32.2. The first-order valence-corrected chi connectivity index (χ1v) is 10.1. The molecule has 0 radical (unpaired) electrons. The fourth-order valence-electron chi connectivity index (χ4n) is 2.61. The second-order valence-corrected chi connectivity index (χ2v) is 7.70. The first-order valence-electron chi connectivity index (χ1n) is 8.61. The van der Waals surface area contributed by atoms with Gasteiger partial charge in [0.25, 0.3) is 10.0 Å². The lowest BCUT2D eigenvalue weighted by molar-refractivity contribution is 0.414. The molecule has 0 saturated heterocycles. The van der Waals surface area contributed by atoms with Crippen molar-refractivity contribution in [3.8, 4) is 5.75 Å². The molecule has 0 bridgehead atoms. The van der Waals surface area contributed by atoms with Gasteiger partial charge in [-0.1, -0.05) is 30.3 Å². The molecule has 0 aliphatic rings. The van der Waals surface area contributed by atoms with Gasteiger partial charge in [-0.05, 0) is 60.5 Å². The average molecular weight is 382 g/mol. The molecule has 0 aliphatic heterocycles. The third-order valence-corrected chi connectivity index (χ3v) is 5.49. The van der Waals surface area contributed by atoms with E-state index in [1.807, 2.05) is 36.4 Å². The molecule has 27 heavy (non-hydrogen) atoms. The molecule has 2 N–H and O–H groups in total. The Morgan fingerprint density at radius 2 is 1.44 bits per heavy atom. The van der Waals surface area contributed by atoms with Gasteiger partial charge in [-0.3, -0.25) is 4.72 Å². The van der Waals surface area contributed by atoms with E-state index in [2.05, 4.69) is 10.0 Å². The third-order valence-electron chi connectivity index (χ3n) is 4.09. The quantitative estimate of drug-likeness (QED) is 0.614. The predicted molar refractivity (Wildman–Crippen MR) is 109 cm³/mol. The number of hydrogen-bond donors (Lipinski definition) is 2. The summed E-state index contributed by atoms with van der Waals surface area (Å²) in [4.78, 5) is 0.242. The van der Waals surface area contributed by atoms with E-state index in [0.717, 1.165) is 24.4 Å². The minimum atomic E-state index is -3.57. The lowest BCUT2D eigenvalue weighted by Gasteiger charge is -2.10. The van der Waals surface area contributed by atoms with Crippen LogP contribution in [0.1, 0.15) is 5.56 Å².